The molecule has 3 amide bonds. The lowest BCUT2D eigenvalue weighted by molar-refractivity contribution is -0.130. The molecule has 0 saturated carbocycles. The van der Waals surface area contributed by atoms with Gasteiger partial charge in [0.25, 0.3) is 5.91 Å². The lowest BCUT2D eigenvalue weighted by atomic mass is 9.93. The van der Waals surface area contributed by atoms with Crippen molar-refractivity contribution < 1.29 is 23.6 Å². The summed E-state index contributed by atoms with van der Waals surface area (Å²) in [5, 5.41) is 6.80. The number of hydrogen-bond acceptors (Lipinski definition) is 6. The van der Waals surface area contributed by atoms with E-state index < -0.39 is 17.5 Å². The third-order valence-electron chi connectivity index (χ3n) is 6.30. The van der Waals surface area contributed by atoms with Crippen LogP contribution in [0.5, 0.6) is 5.75 Å². The lowest BCUT2D eigenvalue weighted by Gasteiger charge is -2.21. The van der Waals surface area contributed by atoms with Gasteiger partial charge in [-0.25, -0.2) is 4.79 Å². The Kier molecular flexibility index (Phi) is 6.03. The van der Waals surface area contributed by atoms with E-state index in [1.165, 1.54) is 0 Å². The van der Waals surface area contributed by atoms with Crippen molar-refractivity contribution in [3.05, 3.63) is 64.7 Å². The second kappa shape index (κ2) is 8.81. The maximum Gasteiger partial charge on any atom is 0.325 e. The number of Topliss-reactive ketones (excluding diaryl/α,β-unsaturated/α-hetero) is 1. The molecule has 1 fully saturated rings. The highest BCUT2D eigenvalue weighted by atomic mass is 16.5. The maximum absolute atomic E-state index is 13.2. The Bertz CT molecular complexity index is 1260. The molecule has 1 aliphatic rings. The Hall–Kier alpha value is -3.88. The van der Waals surface area contributed by atoms with E-state index in [2.05, 4.69) is 10.5 Å². The quantitative estimate of drug-likeness (QED) is 0.404. The highest BCUT2D eigenvalue weighted by molar-refractivity contribution is 6.11. The molecule has 0 unspecified atom stereocenters. The van der Waals surface area contributed by atoms with Crippen molar-refractivity contribution in [3.63, 3.8) is 0 Å². The van der Waals surface area contributed by atoms with Crippen LogP contribution in [0.2, 0.25) is 0 Å². The number of methoxy groups -OCH3 is 1. The molecule has 0 spiro atoms. The van der Waals surface area contributed by atoms with Crippen LogP contribution in [0.1, 0.15) is 46.4 Å². The van der Waals surface area contributed by atoms with Crippen molar-refractivity contribution in [1.82, 2.24) is 19.9 Å². The molecule has 0 bridgehead atoms. The molecule has 3 heterocycles. The number of ether oxygens (including phenoxy) is 1. The first-order valence-electron chi connectivity index (χ1n) is 11.1. The second-order valence-corrected chi connectivity index (χ2v) is 8.84. The summed E-state index contributed by atoms with van der Waals surface area (Å²) in [6.07, 6.45) is 1.00. The van der Waals surface area contributed by atoms with Crippen molar-refractivity contribution >= 4 is 17.7 Å². The molecule has 0 radical (unpaired) electrons. The van der Waals surface area contributed by atoms with Gasteiger partial charge in [0, 0.05) is 23.0 Å². The van der Waals surface area contributed by atoms with Crippen molar-refractivity contribution in [2.45, 2.75) is 46.1 Å². The van der Waals surface area contributed by atoms with Crippen LogP contribution in [0.25, 0.3) is 5.82 Å². The first-order chi connectivity index (χ1) is 16.1. The van der Waals surface area contributed by atoms with Gasteiger partial charge >= 0.3 is 6.03 Å². The number of carbonyl (C=O) groups excluding carboxylic acids is 3. The number of nitrogens with one attached hydrogen (secondary N) is 1. The minimum Gasteiger partial charge on any atom is -0.497 e. The average Bonchev–Trinajstić information content (AvgIpc) is 3.42. The number of aromatic nitrogens is 2. The van der Waals surface area contributed by atoms with Gasteiger partial charge in [-0.3, -0.25) is 19.1 Å². The number of nitrogens with zero attached hydrogens (tertiary/aromatic N) is 3. The van der Waals surface area contributed by atoms with Crippen LogP contribution in [-0.4, -0.2) is 51.5 Å². The number of ketones is 1. The predicted octanol–water partition coefficient (Wildman–Crippen LogP) is 3.53. The Balaban J connectivity index is 1.47. The van der Waals surface area contributed by atoms with E-state index in [-0.39, 0.29) is 12.3 Å². The van der Waals surface area contributed by atoms with Gasteiger partial charge in [-0.05, 0) is 64.3 Å². The fourth-order valence-corrected chi connectivity index (χ4v) is 4.33. The Morgan fingerprint density at radius 1 is 1.15 bits per heavy atom. The van der Waals surface area contributed by atoms with Crippen molar-refractivity contribution in [3.8, 4) is 11.6 Å². The molecule has 34 heavy (non-hydrogen) atoms. The first-order valence-corrected chi connectivity index (χ1v) is 11.1. The summed E-state index contributed by atoms with van der Waals surface area (Å²) in [6.45, 7) is 6.82. The van der Waals surface area contributed by atoms with Crippen LogP contribution in [0, 0.1) is 20.8 Å². The highest BCUT2D eigenvalue weighted by Crippen LogP contribution is 2.26. The molecular weight excluding hydrogens is 436 g/mol. The molecule has 178 valence electrons. The second-order valence-electron chi connectivity index (χ2n) is 8.84. The number of imide groups is 1. The number of hydrogen-bond donors (Lipinski definition) is 1. The number of aryl methyl sites for hydroxylation is 3. The summed E-state index contributed by atoms with van der Waals surface area (Å²) in [6, 6.07) is 10.5. The summed E-state index contributed by atoms with van der Waals surface area (Å²) in [7, 11) is 1.60. The van der Waals surface area contributed by atoms with Crippen LogP contribution in [0.3, 0.4) is 0 Å². The lowest BCUT2D eigenvalue weighted by Crippen LogP contribution is -2.44. The zero-order valence-corrected chi connectivity index (χ0v) is 20.0. The zero-order valence-electron chi connectivity index (χ0n) is 20.0. The van der Waals surface area contributed by atoms with Crippen molar-refractivity contribution in [2.24, 2.45) is 0 Å². The fraction of sp³-hybridized carbons (Fsp3) is 0.360. The van der Waals surface area contributed by atoms with Gasteiger partial charge in [0.2, 0.25) is 0 Å². The number of benzene rings is 1. The van der Waals surface area contributed by atoms with E-state index >= 15 is 0 Å². The van der Waals surface area contributed by atoms with E-state index in [9.17, 15) is 14.4 Å². The molecule has 4 rings (SSSR count). The van der Waals surface area contributed by atoms with Crippen molar-refractivity contribution in [2.75, 3.05) is 13.7 Å². The van der Waals surface area contributed by atoms with Gasteiger partial charge in [0.05, 0.1) is 13.7 Å². The number of amides is 3. The smallest absolute Gasteiger partial charge is 0.325 e. The zero-order chi connectivity index (χ0) is 24.6. The Morgan fingerprint density at radius 3 is 2.47 bits per heavy atom. The SMILES string of the molecule is COc1ccc(CC[C@]2(C)NC(=O)N(CC(=O)c3cc(C)n(-c4cc(C)on4)c3C)C2=O)cc1. The molecule has 1 N–H and O–H groups in total. The van der Waals surface area contributed by atoms with E-state index in [0.29, 0.717) is 35.7 Å². The molecule has 0 aliphatic carbocycles. The van der Waals surface area contributed by atoms with Crippen LogP contribution in [-0.2, 0) is 11.2 Å². The molecule has 9 heteroatoms. The van der Waals surface area contributed by atoms with Crippen LogP contribution >= 0.6 is 0 Å². The topological polar surface area (TPSA) is 107 Å². The summed E-state index contributed by atoms with van der Waals surface area (Å²) >= 11 is 0. The Labute approximate surface area is 197 Å². The molecule has 3 aromatic rings. The number of urea groups is 1. The van der Waals surface area contributed by atoms with Gasteiger partial charge in [0.15, 0.2) is 11.6 Å². The number of rotatable bonds is 8. The molecule has 1 aliphatic heterocycles. The highest BCUT2D eigenvalue weighted by Gasteiger charge is 2.48. The van der Waals surface area contributed by atoms with Gasteiger partial charge in [-0.2, -0.15) is 0 Å². The molecule has 1 saturated heterocycles. The van der Waals surface area contributed by atoms with E-state index in [1.807, 2.05) is 35.8 Å². The minimum absolute atomic E-state index is 0.317. The third-order valence-corrected chi connectivity index (χ3v) is 6.30. The van der Waals surface area contributed by atoms with Gasteiger partial charge in [-0.15, -0.1) is 0 Å². The largest absolute Gasteiger partial charge is 0.497 e. The summed E-state index contributed by atoms with van der Waals surface area (Å²) in [4.78, 5) is 39.9. The predicted molar refractivity (Wildman–Crippen MR) is 124 cm³/mol. The summed E-state index contributed by atoms with van der Waals surface area (Å²) in [5.41, 5.74) is 1.85. The normalized spacial score (nSPS) is 17.9. The summed E-state index contributed by atoms with van der Waals surface area (Å²) < 4.78 is 12.1. The molecule has 2 aromatic heterocycles. The van der Waals surface area contributed by atoms with Gasteiger partial charge in [0.1, 0.15) is 17.0 Å². The molecule has 9 nitrogen and oxygen atoms in total. The standard InChI is InChI=1S/C25H28N4O5/c1-15-12-20(17(3)29(15)22-13-16(2)34-27-22)21(30)14-28-23(31)25(4,26-24(28)32)11-10-18-6-8-19(33-5)9-7-18/h6-9,12-13H,10-11,14H2,1-5H3,(H,26,32)/t25-/m0/s1. The third kappa shape index (κ3) is 4.21. The van der Waals surface area contributed by atoms with Crippen LogP contribution in [0.4, 0.5) is 4.79 Å². The number of carbonyl (C=O) groups is 3. The minimum atomic E-state index is -1.08. The van der Waals surface area contributed by atoms with E-state index in [1.54, 1.807) is 40.0 Å². The van der Waals surface area contributed by atoms with Crippen LogP contribution < -0.4 is 10.1 Å². The van der Waals surface area contributed by atoms with Gasteiger partial charge < -0.3 is 14.6 Å². The van der Waals surface area contributed by atoms with Crippen LogP contribution in [0.15, 0.2) is 40.9 Å². The fourth-order valence-electron chi connectivity index (χ4n) is 4.33. The Morgan fingerprint density at radius 2 is 1.85 bits per heavy atom. The average molecular weight is 465 g/mol. The molecule has 1 aromatic carbocycles. The molecule has 1 atom stereocenters. The molecular formula is C25H28N4O5. The summed E-state index contributed by atoms with van der Waals surface area (Å²) in [5.74, 6) is 1.27. The van der Waals surface area contributed by atoms with E-state index in [4.69, 9.17) is 9.26 Å². The van der Waals surface area contributed by atoms with E-state index in [0.717, 1.165) is 21.9 Å². The van der Waals surface area contributed by atoms with Gasteiger partial charge in [-0.1, -0.05) is 17.3 Å². The first kappa shape index (κ1) is 23.3. The monoisotopic (exact) mass is 464 g/mol. The van der Waals surface area contributed by atoms with Crippen molar-refractivity contribution in [1.29, 1.82) is 0 Å². The maximum atomic E-state index is 13.2.